The first kappa shape index (κ1) is 12.8. The van der Waals surface area contributed by atoms with Crippen LogP contribution in [-0.2, 0) is 6.54 Å². The predicted octanol–water partition coefficient (Wildman–Crippen LogP) is 4.07. The molecule has 0 radical (unpaired) electrons. The molecule has 0 saturated heterocycles. The first-order valence-corrected chi connectivity index (χ1v) is 5.80. The van der Waals surface area contributed by atoms with E-state index in [1.807, 2.05) is 19.1 Å². The highest BCUT2D eigenvalue weighted by molar-refractivity contribution is 5.23. The van der Waals surface area contributed by atoms with Crippen molar-refractivity contribution in [2.75, 3.05) is 0 Å². The molecule has 1 unspecified atom stereocenters. The zero-order valence-electron chi connectivity index (χ0n) is 10.1. The van der Waals surface area contributed by atoms with E-state index in [-0.39, 0.29) is 11.6 Å². The molecule has 0 saturated carbocycles. The van der Waals surface area contributed by atoms with Crippen LogP contribution in [-0.4, -0.2) is 0 Å². The molecule has 0 bridgehead atoms. The van der Waals surface area contributed by atoms with Crippen molar-refractivity contribution in [2.24, 2.45) is 0 Å². The van der Waals surface area contributed by atoms with Gasteiger partial charge in [0.15, 0.2) is 0 Å². The smallest absolute Gasteiger partial charge is 0.263 e. The summed E-state index contributed by atoms with van der Waals surface area (Å²) < 4.78 is 30.0. The highest BCUT2D eigenvalue weighted by Gasteiger charge is 2.08. The van der Waals surface area contributed by atoms with E-state index in [1.165, 1.54) is 12.1 Å². The second-order valence-electron chi connectivity index (χ2n) is 4.16. The lowest BCUT2D eigenvalue weighted by Gasteiger charge is -2.11. The Morgan fingerprint density at radius 3 is 2.44 bits per heavy atom. The van der Waals surface area contributed by atoms with Crippen LogP contribution in [0.3, 0.4) is 0 Å². The Morgan fingerprint density at radius 1 is 1.17 bits per heavy atom. The zero-order chi connectivity index (χ0) is 13.0. The monoisotopic (exact) mass is 251 g/mol. The average molecular weight is 251 g/mol. The van der Waals surface area contributed by atoms with E-state index in [2.05, 4.69) is 5.32 Å². The summed E-state index contributed by atoms with van der Waals surface area (Å²) in [5, 5.41) is 3.27. The van der Waals surface area contributed by atoms with Gasteiger partial charge in [-0.2, -0.15) is 0 Å². The van der Waals surface area contributed by atoms with Crippen LogP contribution < -0.4 is 5.32 Å². The number of alkyl halides is 2. The van der Waals surface area contributed by atoms with Crippen LogP contribution in [0.25, 0.3) is 0 Å². The van der Waals surface area contributed by atoms with Gasteiger partial charge in [-0.1, -0.05) is 24.3 Å². The summed E-state index contributed by atoms with van der Waals surface area (Å²) in [6, 6.07) is 10.2. The van der Waals surface area contributed by atoms with E-state index < -0.39 is 6.43 Å². The minimum absolute atomic E-state index is 0.0535. The fraction of sp³-hybridized carbons (Fsp3) is 0.286. The van der Waals surface area contributed by atoms with Crippen LogP contribution in [0.2, 0.25) is 0 Å². The van der Waals surface area contributed by atoms with Crippen molar-refractivity contribution >= 4 is 0 Å². The van der Waals surface area contributed by atoms with E-state index in [9.17, 15) is 8.78 Å². The SMILES string of the molecule is CC(NCc1ccc(C(F)F)cc1)c1ccco1. The average Bonchev–Trinajstić information content (AvgIpc) is 2.90. The number of rotatable bonds is 5. The maximum absolute atomic E-state index is 12.4. The first-order valence-electron chi connectivity index (χ1n) is 5.80. The Kier molecular flexibility index (Phi) is 4.10. The minimum Gasteiger partial charge on any atom is -0.468 e. The second kappa shape index (κ2) is 5.78. The number of hydrogen-bond acceptors (Lipinski definition) is 2. The van der Waals surface area contributed by atoms with Crippen molar-refractivity contribution in [1.82, 2.24) is 5.32 Å². The zero-order valence-corrected chi connectivity index (χ0v) is 10.1. The first-order chi connectivity index (χ1) is 8.66. The summed E-state index contributed by atoms with van der Waals surface area (Å²) in [4.78, 5) is 0. The summed E-state index contributed by atoms with van der Waals surface area (Å²) in [6.07, 6.45) is -0.778. The number of furan rings is 1. The van der Waals surface area contributed by atoms with Crippen LogP contribution >= 0.6 is 0 Å². The van der Waals surface area contributed by atoms with Crippen molar-refractivity contribution in [3.63, 3.8) is 0 Å². The third-order valence-corrected chi connectivity index (χ3v) is 2.81. The molecule has 1 N–H and O–H groups in total. The lowest BCUT2D eigenvalue weighted by atomic mass is 10.1. The van der Waals surface area contributed by atoms with E-state index in [0.29, 0.717) is 6.54 Å². The largest absolute Gasteiger partial charge is 0.468 e. The van der Waals surface area contributed by atoms with Gasteiger partial charge in [0.05, 0.1) is 12.3 Å². The Hall–Kier alpha value is -1.68. The van der Waals surface area contributed by atoms with Crippen molar-refractivity contribution in [3.8, 4) is 0 Å². The molecular formula is C14H15F2NO. The Morgan fingerprint density at radius 2 is 1.89 bits per heavy atom. The molecule has 96 valence electrons. The summed E-state index contributed by atoms with van der Waals surface area (Å²) in [5.41, 5.74) is 1.02. The summed E-state index contributed by atoms with van der Waals surface area (Å²) in [7, 11) is 0. The molecule has 0 aliphatic rings. The van der Waals surface area contributed by atoms with Crippen LogP contribution in [0.1, 0.15) is 36.3 Å². The highest BCUT2D eigenvalue weighted by Crippen LogP contribution is 2.19. The van der Waals surface area contributed by atoms with Crippen LogP contribution in [0.15, 0.2) is 47.1 Å². The van der Waals surface area contributed by atoms with Gasteiger partial charge in [0, 0.05) is 12.1 Å². The molecule has 0 fully saturated rings. The molecular weight excluding hydrogens is 236 g/mol. The van der Waals surface area contributed by atoms with Gasteiger partial charge in [-0.25, -0.2) is 8.78 Å². The molecule has 0 aliphatic heterocycles. The maximum Gasteiger partial charge on any atom is 0.263 e. The molecule has 2 rings (SSSR count). The quantitative estimate of drug-likeness (QED) is 0.866. The third-order valence-electron chi connectivity index (χ3n) is 2.81. The van der Waals surface area contributed by atoms with Crippen LogP contribution in [0.5, 0.6) is 0 Å². The van der Waals surface area contributed by atoms with E-state index in [0.717, 1.165) is 11.3 Å². The minimum atomic E-state index is -2.41. The van der Waals surface area contributed by atoms with Crippen molar-refractivity contribution in [3.05, 3.63) is 59.5 Å². The molecule has 0 spiro atoms. The summed E-state index contributed by atoms with van der Waals surface area (Å²) in [5.74, 6) is 0.860. The summed E-state index contributed by atoms with van der Waals surface area (Å²) in [6.45, 7) is 2.61. The second-order valence-corrected chi connectivity index (χ2v) is 4.16. The Balaban J connectivity index is 1.90. The standard InChI is InChI=1S/C14H15F2NO/c1-10(13-3-2-8-18-13)17-9-11-4-6-12(7-5-11)14(15)16/h2-8,10,14,17H,9H2,1H3. The van der Waals surface area contributed by atoms with Gasteiger partial charge >= 0.3 is 0 Å². The van der Waals surface area contributed by atoms with Gasteiger partial charge < -0.3 is 9.73 Å². The predicted molar refractivity (Wildman–Crippen MR) is 65.4 cm³/mol. The molecule has 0 aliphatic carbocycles. The van der Waals surface area contributed by atoms with Gasteiger partial charge in [-0.15, -0.1) is 0 Å². The normalized spacial score (nSPS) is 12.9. The van der Waals surface area contributed by atoms with Crippen LogP contribution in [0.4, 0.5) is 8.78 Å². The van der Waals surface area contributed by atoms with Gasteiger partial charge in [0.1, 0.15) is 5.76 Å². The van der Waals surface area contributed by atoms with E-state index >= 15 is 0 Å². The fourth-order valence-corrected chi connectivity index (χ4v) is 1.69. The van der Waals surface area contributed by atoms with Gasteiger partial charge in [0.25, 0.3) is 6.43 Å². The topological polar surface area (TPSA) is 25.2 Å². The molecule has 2 aromatic rings. The number of hydrogen-bond donors (Lipinski definition) is 1. The van der Waals surface area contributed by atoms with Crippen molar-refractivity contribution < 1.29 is 13.2 Å². The molecule has 0 amide bonds. The highest BCUT2D eigenvalue weighted by atomic mass is 19.3. The molecule has 1 aromatic carbocycles. The number of halogens is 2. The summed E-state index contributed by atoms with van der Waals surface area (Å²) >= 11 is 0. The fourth-order valence-electron chi connectivity index (χ4n) is 1.69. The molecule has 1 atom stereocenters. The number of nitrogens with one attached hydrogen (secondary N) is 1. The number of benzene rings is 1. The third kappa shape index (κ3) is 3.17. The van der Waals surface area contributed by atoms with Gasteiger partial charge in [-0.3, -0.25) is 0 Å². The van der Waals surface area contributed by atoms with Crippen molar-refractivity contribution in [2.45, 2.75) is 25.9 Å². The molecule has 1 aromatic heterocycles. The molecule has 1 heterocycles. The van der Waals surface area contributed by atoms with E-state index in [1.54, 1.807) is 18.4 Å². The lowest BCUT2D eigenvalue weighted by molar-refractivity contribution is 0.151. The van der Waals surface area contributed by atoms with Gasteiger partial charge in [0.2, 0.25) is 0 Å². The lowest BCUT2D eigenvalue weighted by Crippen LogP contribution is -2.17. The maximum atomic E-state index is 12.4. The molecule has 4 heteroatoms. The Bertz CT molecular complexity index is 465. The van der Waals surface area contributed by atoms with E-state index in [4.69, 9.17) is 4.42 Å². The Labute approximate surface area is 105 Å². The van der Waals surface area contributed by atoms with Gasteiger partial charge in [-0.05, 0) is 24.6 Å². The van der Waals surface area contributed by atoms with Crippen LogP contribution in [0, 0.1) is 0 Å². The molecule has 2 nitrogen and oxygen atoms in total. The molecule has 18 heavy (non-hydrogen) atoms. The van der Waals surface area contributed by atoms with Crippen molar-refractivity contribution in [1.29, 1.82) is 0 Å².